The van der Waals surface area contributed by atoms with E-state index in [1.54, 1.807) is 6.07 Å². The van der Waals surface area contributed by atoms with Crippen LogP contribution in [0.25, 0.3) is 0 Å². The van der Waals surface area contributed by atoms with Gasteiger partial charge in [0.25, 0.3) is 0 Å². The summed E-state index contributed by atoms with van der Waals surface area (Å²) in [4.78, 5) is 14.0. The third kappa shape index (κ3) is 3.06. The van der Waals surface area contributed by atoms with E-state index in [0.717, 1.165) is 0 Å². The lowest BCUT2D eigenvalue weighted by molar-refractivity contribution is -0.388. The number of nitrogens with zero attached hydrogens (tertiary/aromatic N) is 2. The van der Waals surface area contributed by atoms with Gasteiger partial charge in [-0.15, -0.1) is 0 Å². The van der Waals surface area contributed by atoms with Gasteiger partial charge in [-0.25, -0.2) is 0 Å². The Kier molecular flexibility index (Phi) is 4.01. The number of aromatic nitrogens is 1. The summed E-state index contributed by atoms with van der Waals surface area (Å²) < 4.78 is 0. The fraction of sp³-hybridized carbons (Fsp3) is 0.444. The molecule has 0 aromatic carbocycles. The van der Waals surface area contributed by atoms with Crippen LogP contribution in [-0.4, -0.2) is 27.8 Å². The molecule has 0 aliphatic rings. The Hall–Kier alpha value is -1.89. The van der Waals surface area contributed by atoms with E-state index in [1.165, 1.54) is 13.0 Å². The Morgan fingerprint density at radius 1 is 1.62 bits per heavy atom. The van der Waals surface area contributed by atoms with Crippen LogP contribution in [0.3, 0.4) is 0 Å². The van der Waals surface area contributed by atoms with Gasteiger partial charge in [0.05, 0.1) is 0 Å². The number of rotatable bonds is 5. The van der Waals surface area contributed by atoms with Gasteiger partial charge in [-0.1, -0.05) is 0 Å². The summed E-state index contributed by atoms with van der Waals surface area (Å²) in [5.41, 5.74) is 0.196. The minimum atomic E-state index is -0.870. The zero-order valence-electron chi connectivity index (χ0n) is 9.10. The largest absolute Gasteiger partial charge is 0.389 e. The molecule has 16 heavy (non-hydrogen) atoms. The molecule has 88 valence electrons. The van der Waals surface area contributed by atoms with Crippen LogP contribution in [0.5, 0.6) is 0 Å². The number of pyridine rings is 1. The summed E-state index contributed by atoms with van der Waals surface area (Å²) in [7, 11) is 0. The van der Waals surface area contributed by atoms with Crippen molar-refractivity contribution in [1.82, 2.24) is 4.98 Å². The van der Waals surface area contributed by atoms with Crippen molar-refractivity contribution in [2.45, 2.75) is 20.1 Å². The number of anilines is 2. The Morgan fingerprint density at radius 3 is 2.81 bits per heavy atom. The van der Waals surface area contributed by atoms with Gasteiger partial charge in [-0.2, -0.15) is 0 Å². The smallest absolute Gasteiger partial charge is 0.374 e. The highest BCUT2D eigenvalue weighted by molar-refractivity contribution is 5.61. The van der Waals surface area contributed by atoms with Gasteiger partial charge in [-0.3, -0.25) is 0 Å². The lowest BCUT2D eigenvalue weighted by Gasteiger charge is -2.09. The molecule has 0 spiro atoms. The second-order valence-corrected chi connectivity index (χ2v) is 3.18. The molecule has 1 aromatic rings. The van der Waals surface area contributed by atoms with Crippen LogP contribution in [0.1, 0.15) is 13.8 Å². The van der Waals surface area contributed by atoms with Gasteiger partial charge in [0.15, 0.2) is 0 Å². The molecule has 0 aliphatic carbocycles. The summed E-state index contributed by atoms with van der Waals surface area (Å²) in [6, 6.07) is 3.12. The first kappa shape index (κ1) is 12.2. The number of hydrogen-bond acceptors (Lipinski definition) is 6. The zero-order valence-corrected chi connectivity index (χ0v) is 9.10. The molecule has 7 nitrogen and oxygen atoms in total. The van der Waals surface area contributed by atoms with Gasteiger partial charge < -0.3 is 25.9 Å². The van der Waals surface area contributed by atoms with Gasteiger partial charge in [0, 0.05) is 12.6 Å². The molecule has 3 N–H and O–H groups in total. The van der Waals surface area contributed by atoms with E-state index in [1.807, 2.05) is 6.92 Å². The Morgan fingerprint density at radius 2 is 2.31 bits per heavy atom. The van der Waals surface area contributed by atoms with Crippen molar-refractivity contribution in [2.24, 2.45) is 0 Å². The maximum Gasteiger partial charge on any atom is 0.389 e. The summed E-state index contributed by atoms with van der Waals surface area (Å²) >= 11 is 0. The molecule has 1 unspecified atom stereocenters. The van der Waals surface area contributed by atoms with Crippen molar-refractivity contribution in [3.05, 3.63) is 22.2 Å². The van der Waals surface area contributed by atoms with Crippen molar-refractivity contribution in [3.8, 4) is 0 Å². The van der Waals surface area contributed by atoms with Gasteiger partial charge in [0.1, 0.15) is 11.9 Å². The first-order valence-corrected chi connectivity index (χ1v) is 4.88. The minimum absolute atomic E-state index is 0.196. The molecule has 1 rings (SSSR count). The number of aliphatic hydroxyl groups excluding tert-OH is 1. The van der Waals surface area contributed by atoms with Crippen molar-refractivity contribution >= 4 is 17.3 Å². The van der Waals surface area contributed by atoms with E-state index >= 15 is 0 Å². The summed E-state index contributed by atoms with van der Waals surface area (Å²) in [6.45, 7) is 3.98. The molecule has 0 saturated carbocycles. The van der Waals surface area contributed by atoms with Crippen LogP contribution in [-0.2, 0) is 0 Å². The highest BCUT2D eigenvalue weighted by Gasteiger charge is 2.17. The molecule has 0 fully saturated rings. The lowest BCUT2D eigenvalue weighted by Crippen LogP contribution is -2.15. The molecule has 0 amide bonds. The predicted molar refractivity (Wildman–Crippen MR) is 60.4 cm³/mol. The first-order chi connectivity index (χ1) is 7.54. The van der Waals surface area contributed by atoms with Crippen LogP contribution in [0.2, 0.25) is 0 Å². The molecule has 1 heterocycles. The number of hydrogen-bond donors (Lipinski definition) is 3. The number of nitrogens with one attached hydrogen (secondary N) is 2. The van der Waals surface area contributed by atoms with E-state index in [9.17, 15) is 10.1 Å². The maximum absolute atomic E-state index is 10.8. The SMILES string of the molecule is CCNc1ccc(NC(C)O)c([N+](=O)[O-])n1. The molecular weight excluding hydrogens is 212 g/mol. The maximum atomic E-state index is 10.8. The molecule has 1 aromatic heterocycles. The van der Waals surface area contributed by atoms with Crippen LogP contribution < -0.4 is 10.6 Å². The Bertz CT molecular complexity index is 381. The van der Waals surface area contributed by atoms with E-state index in [0.29, 0.717) is 12.4 Å². The molecule has 0 saturated heterocycles. The second-order valence-electron chi connectivity index (χ2n) is 3.18. The standard InChI is InChI=1S/C9H14N4O3/c1-3-10-8-5-4-7(11-6(2)14)9(12-8)13(15)16/h4-6,11,14H,3H2,1-2H3,(H,10,12). The summed E-state index contributed by atoms with van der Waals surface area (Å²) in [6.07, 6.45) is -0.870. The highest BCUT2D eigenvalue weighted by Crippen LogP contribution is 2.24. The molecule has 0 aliphatic heterocycles. The summed E-state index contributed by atoms with van der Waals surface area (Å²) in [5, 5.41) is 25.3. The number of aliphatic hydroxyl groups is 1. The van der Waals surface area contributed by atoms with E-state index in [2.05, 4.69) is 15.6 Å². The van der Waals surface area contributed by atoms with E-state index < -0.39 is 11.2 Å². The Labute approximate surface area is 92.7 Å². The van der Waals surface area contributed by atoms with Crippen LogP contribution in [0, 0.1) is 10.1 Å². The number of nitro groups is 1. The molecule has 0 bridgehead atoms. The molecule has 7 heteroatoms. The fourth-order valence-electron chi connectivity index (χ4n) is 1.20. The molecular formula is C9H14N4O3. The normalized spacial score (nSPS) is 11.9. The first-order valence-electron chi connectivity index (χ1n) is 4.88. The van der Waals surface area contributed by atoms with Gasteiger partial charge >= 0.3 is 5.82 Å². The van der Waals surface area contributed by atoms with Crippen LogP contribution in [0.15, 0.2) is 12.1 Å². The van der Waals surface area contributed by atoms with Gasteiger partial charge in [-0.05, 0) is 29.8 Å². The average molecular weight is 226 g/mol. The zero-order chi connectivity index (χ0) is 12.1. The third-order valence-electron chi connectivity index (χ3n) is 1.77. The van der Waals surface area contributed by atoms with E-state index in [-0.39, 0.29) is 11.5 Å². The van der Waals surface area contributed by atoms with Crippen molar-refractivity contribution in [3.63, 3.8) is 0 Å². The topological polar surface area (TPSA) is 100 Å². The molecule has 0 radical (unpaired) electrons. The monoisotopic (exact) mass is 226 g/mol. The van der Waals surface area contributed by atoms with Crippen LogP contribution in [0.4, 0.5) is 17.3 Å². The lowest BCUT2D eigenvalue weighted by atomic mass is 10.3. The third-order valence-corrected chi connectivity index (χ3v) is 1.77. The van der Waals surface area contributed by atoms with Crippen molar-refractivity contribution in [2.75, 3.05) is 17.2 Å². The highest BCUT2D eigenvalue weighted by atomic mass is 16.6. The molecule has 1 atom stereocenters. The predicted octanol–water partition coefficient (Wildman–Crippen LogP) is 1.17. The van der Waals surface area contributed by atoms with Crippen LogP contribution >= 0.6 is 0 Å². The fourth-order valence-corrected chi connectivity index (χ4v) is 1.20. The second kappa shape index (κ2) is 5.26. The van der Waals surface area contributed by atoms with E-state index in [4.69, 9.17) is 5.11 Å². The van der Waals surface area contributed by atoms with Crippen molar-refractivity contribution in [1.29, 1.82) is 0 Å². The minimum Gasteiger partial charge on any atom is -0.374 e. The Balaban J connectivity index is 3.04. The summed E-state index contributed by atoms with van der Waals surface area (Å²) in [5.74, 6) is 0.129. The quantitative estimate of drug-likeness (QED) is 0.396. The average Bonchev–Trinajstić information content (AvgIpc) is 2.19. The van der Waals surface area contributed by atoms with Gasteiger partial charge in [0.2, 0.25) is 5.82 Å². The van der Waals surface area contributed by atoms with Crippen molar-refractivity contribution < 1.29 is 10.0 Å².